The number of nitrogens with zero attached hydrogens (tertiary/aromatic N) is 2. The quantitative estimate of drug-likeness (QED) is 0.657. The van der Waals surface area contributed by atoms with E-state index in [-0.39, 0.29) is 11.6 Å². The zero-order valence-corrected chi connectivity index (χ0v) is 16.6. The largest absolute Gasteiger partial charge is 0.416 e. The first-order chi connectivity index (χ1) is 14.1. The van der Waals surface area contributed by atoms with Crippen LogP contribution in [-0.2, 0) is 6.18 Å². The van der Waals surface area contributed by atoms with E-state index in [1.807, 2.05) is 26.0 Å². The Balaban J connectivity index is 2.02. The highest BCUT2D eigenvalue weighted by molar-refractivity contribution is 6.03. The summed E-state index contributed by atoms with van der Waals surface area (Å²) in [6, 6.07) is 12.9. The second kappa shape index (κ2) is 8.14. The Bertz CT molecular complexity index is 1150. The van der Waals surface area contributed by atoms with Crippen LogP contribution in [0.3, 0.4) is 0 Å². The van der Waals surface area contributed by atoms with E-state index < -0.39 is 28.8 Å². The van der Waals surface area contributed by atoms with Crippen LogP contribution in [0.15, 0.2) is 59.4 Å². The summed E-state index contributed by atoms with van der Waals surface area (Å²) >= 11 is 0. The fourth-order valence-corrected chi connectivity index (χ4v) is 3.08. The number of benzene rings is 2. The first-order valence-electron chi connectivity index (χ1n) is 9.27. The van der Waals surface area contributed by atoms with Crippen LogP contribution in [0.4, 0.5) is 18.9 Å². The Morgan fingerprint density at radius 1 is 1.07 bits per heavy atom. The molecule has 0 radical (unpaired) electrons. The van der Waals surface area contributed by atoms with Crippen molar-refractivity contribution < 1.29 is 18.0 Å². The van der Waals surface area contributed by atoms with Crippen molar-refractivity contribution in [1.82, 2.24) is 9.78 Å². The topological polar surface area (TPSA) is 64.0 Å². The molecule has 2 aromatic carbocycles. The monoisotopic (exact) mass is 415 g/mol. The molecule has 8 heteroatoms. The molecule has 0 spiro atoms. The van der Waals surface area contributed by atoms with Gasteiger partial charge in [0.2, 0.25) is 5.43 Å². The summed E-state index contributed by atoms with van der Waals surface area (Å²) in [7, 11) is 0. The molecule has 156 valence electrons. The van der Waals surface area contributed by atoms with E-state index in [4.69, 9.17) is 0 Å². The minimum Gasteiger partial charge on any atom is -0.320 e. The second-order valence-corrected chi connectivity index (χ2v) is 7.15. The minimum atomic E-state index is -4.52. The third-order valence-corrected chi connectivity index (χ3v) is 4.57. The van der Waals surface area contributed by atoms with E-state index in [0.717, 1.165) is 22.4 Å². The van der Waals surface area contributed by atoms with Gasteiger partial charge in [0.05, 0.1) is 11.3 Å². The Kier molecular flexibility index (Phi) is 5.78. The highest BCUT2D eigenvalue weighted by Crippen LogP contribution is 2.30. The van der Waals surface area contributed by atoms with Gasteiger partial charge < -0.3 is 5.32 Å². The third-order valence-electron chi connectivity index (χ3n) is 4.57. The maximum Gasteiger partial charge on any atom is 0.416 e. The fourth-order valence-electron chi connectivity index (χ4n) is 3.08. The molecule has 0 aliphatic rings. The van der Waals surface area contributed by atoms with Crippen molar-refractivity contribution in [3.05, 3.63) is 87.3 Å². The van der Waals surface area contributed by atoms with Crippen LogP contribution in [0.5, 0.6) is 0 Å². The van der Waals surface area contributed by atoms with Crippen LogP contribution in [0.25, 0.3) is 5.69 Å². The number of aryl methyl sites for hydroxylation is 1. The van der Waals surface area contributed by atoms with Crippen molar-refractivity contribution in [2.45, 2.75) is 32.9 Å². The molecule has 0 aliphatic heterocycles. The zero-order chi connectivity index (χ0) is 22.1. The number of carbonyl (C=O) groups is 1. The average molecular weight is 415 g/mol. The van der Waals surface area contributed by atoms with E-state index in [9.17, 15) is 22.8 Å². The van der Waals surface area contributed by atoms with Gasteiger partial charge in [0, 0.05) is 17.4 Å². The fraction of sp³-hybridized carbons (Fsp3) is 0.227. The summed E-state index contributed by atoms with van der Waals surface area (Å²) in [5.74, 6) is -0.594. The highest BCUT2D eigenvalue weighted by Gasteiger charge is 2.30. The number of halogens is 3. The molecular weight excluding hydrogens is 395 g/mol. The lowest BCUT2D eigenvalue weighted by Crippen LogP contribution is -2.27. The van der Waals surface area contributed by atoms with Crippen LogP contribution in [-0.4, -0.2) is 15.7 Å². The van der Waals surface area contributed by atoms with Gasteiger partial charge in [-0.2, -0.15) is 18.3 Å². The summed E-state index contributed by atoms with van der Waals surface area (Å²) < 4.78 is 40.3. The number of amides is 1. The third kappa shape index (κ3) is 4.42. The first-order valence-corrected chi connectivity index (χ1v) is 9.27. The molecule has 0 fully saturated rings. The Hall–Kier alpha value is -3.42. The van der Waals surface area contributed by atoms with Gasteiger partial charge >= 0.3 is 6.18 Å². The van der Waals surface area contributed by atoms with Crippen molar-refractivity contribution in [2.75, 3.05) is 5.32 Å². The van der Waals surface area contributed by atoms with Crippen molar-refractivity contribution in [3.8, 4) is 5.69 Å². The van der Waals surface area contributed by atoms with Crippen LogP contribution in [0, 0.1) is 6.92 Å². The van der Waals surface area contributed by atoms with Gasteiger partial charge in [-0.15, -0.1) is 0 Å². The lowest BCUT2D eigenvalue weighted by Gasteiger charge is -2.15. The summed E-state index contributed by atoms with van der Waals surface area (Å²) in [6.45, 7) is 5.47. The van der Waals surface area contributed by atoms with Gasteiger partial charge in [-0.3, -0.25) is 9.59 Å². The smallest absolute Gasteiger partial charge is 0.320 e. The molecule has 0 bridgehead atoms. The molecular formula is C22H20F3N3O2. The summed E-state index contributed by atoms with van der Waals surface area (Å²) in [6.07, 6.45) is -4.52. The first kappa shape index (κ1) is 21.3. The van der Waals surface area contributed by atoms with E-state index in [1.165, 1.54) is 25.1 Å². The Morgan fingerprint density at radius 3 is 2.43 bits per heavy atom. The van der Waals surface area contributed by atoms with Crippen molar-refractivity contribution in [3.63, 3.8) is 0 Å². The normalized spacial score (nSPS) is 11.6. The van der Waals surface area contributed by atoms with Crippen LogP contribution < -0.4 is 10.7 Å². The van der Waals surface area contributed by atoms with Gasteiger partial charge in [0.1, 0.15) is 0 Å². The number of hydrogen-bond acceptors (Lipinski definition) is 3. The van der Waals surface area contributed by atoms with Gasteiger partial charge in [-0.25, -0.2) is 4.68 Å². The molecule has 3 aromatic rings. The molecule has 5 nitrogen and oxygen atoms in total. The lowest BCUT2D eigenvalue weighted by molar-refractivity contribution is -0.137. The predicted octanol–water partition coefficient (Wildman–Crippen LogP) is 4.94. The SMILES string of the molecule is Cc1cc(=O)c(C(=O)Nc2ccccc2C(C)C)nn1-c1cccc(C(F)(F)F)c1. The molecule has 1 heterocycles. The highest BCUT2D eigenvalue weighted by atomic mass is 19.4. The van der Waals surface area contributed by atoms with Gasteiger partial charge in [-0.1, -0.05) is 38.1 Å². The summed E-state index contributed by atoms with van der Waals surface area (Å²) in [4.78, 5) is 25.1. The minimum absolute atomic E-state index is 0.0963. The molecule has 1 N–H and O–H groups in total. The van der Waals surface area contributed by atoms with Crippen LogP contribution in [0.1, 0.15) is 47.1 Å². The van der Waals surface area contributed by atoms with E-state index >= 15 is 0 Å². The van der Waals surface area contributed by atoms with Crippen molar-refractivity contribution in [2.24, 2.45) is 0 Å². The van der Waals surface area contributed by atoms with Crippen molar-refractivity contribution in [1.29, 1.82) is 0 Å². The van der Waals surface area contributed by atoms with Crippen LogP contribution in [0.2, 0.25) is 0 Å². The van der Waals surface area contributed by atoms with E-state index in [2.05, 4.69) is 10.4 Å². The van der Waals surface area contributed by atoms with Gasteiger partial charge in [-0.05, 0) is 42.7 Å². The molecule has 0 atom stereocenters. The lowest BCUT2D eigenvalue weighted by atomic mass is 10.0. The molecule has 30 heavy (non-hydrogen) atoms. The van der Waals surface area contributed by atoms with Gasteiger partial charge in [0.15, 0.2) is 5.69 Å². The maximum atomic E-state index is 13.1. The molecule has 0 aliphatic carbocycles. The number of hydrogen-bond donors (Lipinski definition) is 1. The van der Waals surface area contributed by atoms with E-state index in [1.54, 1.807) is 12.1 Å². The number of anilines is 1. The molecule has 0 unspecified atom stereocenters. The Morgan fingerprint density at radius 2 is 1.77 bits per heavy atom. The molecule has 0 saturated heterocycles. The Labute approximate surface area is 171 Å². The molecule has 0 saturated carbocycles. The molecule has 3 rings (SSSR count). The van der Waals surface area contributed by atoms with Gasteiger partial charge in [0.25, 0.3) is 5.91 Å². The standard InChI is InChI=1S/C22H20F3N3O2/c1-13(2)17-9-4-5-10-18(17)26-21(30)20-19(29)11-14(3)28(27-20)16-8-6-7-15(12-16)22(23,24)25/h4-13H,1-3H3,(H,26,30). The number of alkyl halides is 3. The zero-order valence-electron chi connectivity index (χ0n) is 16.6. The summed E-state index contributed by atoms with van der Waals surface area (Å²) in [5.41, 5.74) is -0.0398. The van der Waals surface area contributed by atoms with E-state index in [0.29, 0.717) is 11.4 Å². The number of aromatic nitrogens is 2. The average Bonchev–Trinajstić information content (AvgIpc) is 2.67. The molecule has 1 aromatic heterocycles. The number of carbonyl (C=O) groups excluding carboxylic acids is 1. The second-order valence-electron chi connectivity index (χ2n) is 7.15. The van der Waals surface area contributed by atoms with Crippen LogP contribution >= 0.6 is 0 Å². The number of rotatable bonds is 4. The van der Waals surface area contributed by atoms with Crippen molar-refractivity contribution >= 4 is 11.6 Å². The molecule has 1 amide bonds. The summed E-state index contributed by atoms with van der Waals surface area (Å²) in [5, 5.41) is 6.75. The predicted molar refractivity (Wildman–Crippen MR) is 108 cm³/mol. The number of para-hydroxylation sites is 1. The maximum absolute atomic E-state index is 13.1. The number of nitrogens with one attached hydrogen (secondary N) is 1.